The predicted octanol–water partition coefficient (Wildman–Crippen LogP) is 7.67. The summed E-state index contributed by atoms with van der Waals surface area (Å²) in [4.78, 5) is 0. The number of benzene rings is 1. The molecule has 196 valence electrons. The van der Waals surface area contributed by atoms with E-state index in [1.54, 1.807) is 11.8 Å². The molecule has 0 radical (unpaired) electrons. The fourth-order valence-corrected chi connectivity index (χ4v) is 9.47. The fraction of sp³-hybridized carbons (Fsp3) is 0.594. The molecule has 7 rings (SSSR count). The van der Waals surface area contributed by atoms with Crippen molar-refractivity contribution in [3.63, 3.8) is 0 Å². The highest BCUT2D eigenvalue weighted by Crippen LogP contribution is 2.66. The largest absolute Gasteiger partial charge is 0.467 e. The summed E-state index contributed by atoms with van der Waals surface area (Å²) in [6, 6.07) is 10.7. The van der Waals surface area contributed by atoms with E-state index in [9.17, 15) is 9.50 Å². The van der Waals surface area contributed by atoms with Crippen molar-refractivity contribution in [2.24, 2.45) is 39.6 Å². The first kappa shape index (κ1) is 23.7. The molecule has 1 N–H and O–H groups in total. The van der Waals surface area contributed by atoms with Crippen LogP contribution in [0.2, 0.25) is 0 Å². The number of hydrazone groups is 1. The van der Waals surface area contributed by atoms with Gasteiger partial charge in [-0.3, -0.25) is 5.01 Å². The maximum Gasteiger partial charge on any atom is 0.128 e. The Hall–Kier alpha value is -2.40. The summed E-state index contributed by atoms with van der Waals surface area (Å²) in [7, 11) is 0. The SMILES string of the molecule is C[C@]12CC[C@H]3[C@@H](CC=C4C[C@@H](O)CC[C@@]43C)[C@@H]1CC[C@@H]2C1=NN(c2ccc(F)cc2)C(c2ccco2)C1. The third kappa shape index (κ3) is 3.60. The van der Waals surface area contributed by atoms with Gasteiger partial charge in [0.1, 0.15) is 17.6 Å². The summed E-state index contributed by atoms with van der Waals surface area (Å²) < 4.78 is 19.6. The number of allylic oxidation sites excluding steroid dienone is 1. The molecule has 0 saturated heterocycles. The van der Waals surface area contributed by atoms with Gasteiger partial charge in [-0.2, -0.15) is 5.10 Å². The smallest absolute Gasteiger partial charge is 0.128 e. The molecule has 8 atom stereocenters. The minimum atomic E-state index is -0.226. The van der Waals surface area contributed by atoms with Gasteiger partial charge in [-0.15, -0.1) is 0 Å². The lowest BCUT2D eigenvalue weighted by molar-refractivity contribution is -0.0424. The van der Waals surface area contributed by atoms with Gasteiger partial charge in [-0.25, -0.2) is 4.39 Å². The van der Waals surface area contributed by atoms with Crippen LogP contribution in [0.1, 0.15) is 83.4 Å². The van der Waals surface area contributed by atoms with E-state index in [-0.39, 0.29) is 28.8 Å². The van der Waals surface area contributed by atoms with Gasteiger partial charge in [-0.05, 0) is 116 Å². The first-order valence-corrected chi connectivity index (χ1v) is 14.4. The molecular weight excluding hydrogens is 463 g/mol. The van der Waals surface area contributed by atoms with Crippen molar-refractivity contribution in [2.75, 3.05) is 5.01 Å². The summed E-state index contributed by atoms with van der Waals surface area (Å²) in [5.41, 5.74) is 4.30. The van der Waals surface area contributed by atoms with Crippen molar-refractivity contribution in [3.8, 4) is 0 Å². The van der Waals surface area contributed by atoms with E-state index in [1.807, 2.05) is 24.3 Å². The van der Waals surface area contributed by atoms with E-state index >= 15 is 0 Å². The normalized spacial score (nSPS) is 41.0. The highest BCUT2D eigenvalue weighted by atomic mass is 19.1. The molecule has 4 aliphatic carbocycles. The second-order valence-corrected chi connectivity index (χ2v) is 13.0. The minimum absolute atomic E-state index is 0.0159. The Morgan fingerprint density at radius 3 is 2.62 bits per heavy atom. The van der Waals surface area contributed by atoms with E-state index in [0.29, 0.717) is 5.92 Å². The molecule has 3 fully saturated rings. The zero-order valence-electron chi connectivity index (χ0n) is 22.1. The van der Waals surface area contributed by atoms with Crippen LogP contribution in [0, 0.1) is 40.3 Å². The Morgan fingerprint density at radius 1 is 1.00 bits per heavy atom. The minimum Gasteiger partial charge on any atom is -0.467 e. The van der Waals surface area contributed by atoms with Crippen LogP contribution >= 0.6 is 0 Å². The van der Waals surface area contributed by atoms with Gasteiger partial charge in [0.15, 0.2) is 0 Å². The number of fused-ring (bicyclic) bond motifs is 5. The molecule has 2 heterocycles. The average Bonchev–Trinajstić information content (AvgIpc) is 3.63. The Labute approximate surface area is 219 Å². The van der Waals surface area contributed by atoms with E-state index < -0.39 is 0 Å². The van der Waals surface area contributed by atoms with E-state index in [0.717, 1.165) is 54.9 Å². The molecule has 2 aromatic rings. The second-order valence-electron chi connectivity index (χ2n) is 13.0. The summed E-state index contributed by atoms with van der Waals surface area (Å²) in [5.74, 6) is 3.38. The van der Waals surface area contributed by atoms with Gasteiger partial charge < -0.3 is 9.52 Å². The maximum atomic E-state index is 13.7. The van der Waals surface area contributed by atoms with Gasteiger partial charge >= 0.3 is 0 Å². The number of rotatable bonds is 3. The number of furan rings is 1. The van der Waals surface area contributed by atoms with Crippen LogP contribution in [-0.4, -0.2) is 16.9 Å². The summed E-state index contributed by atoms with van der Waals surface area (Å²) in [5, 5.41) is 17.7. The fourth-order valence-electron chi connectivity index (χ4n) is 9.47. The van der Waals surface area contributed by atoms with Crippen LogP contribution in [0.15, 0.2) is 63.8 Å². The zero-order valence-corrected chi connectivity index (χ0v) is 22.1. The van der Waals surface area contributed by atoms with Crippen LogP contribution in [0.25, 0.3) is 0 Å². The zero-order chi connectivity index (χ0) is 25.4. The van der Waals surface area contributed by atoms with Gasteiger partial charge in [0.25, 0.3) is 0 Å². The lowest BCUT2D eigenvalue weighted by Gasteiger charge is -2.58. The predicted molar refractivity (Wildman–Crippen MR) is 144 cm³/mol. The third-order valence-corrected chi connectivity index (χ3v) is 11.4. The highest BCUT2D eigenvalue weighted by molar-refractivity contribution is 5.92. The van der Waals surface area contributed by atoms with E-state index in [2.05, 4.69) is 24.9 Å². The van der Waals surface area contributed by atoms with Crippen LogP contribution in [0.3, 0.4) is 0 Å². The van der Waals surface area contributed by atoms with E-state index in [1.165, 1.54) is 49.9 Å². The molecule has 3 saturated carbocycles. The molecule has 5 aliphatic rings. The van der Waals surface area contributed by atoms with Crippen LogP contribution in [0.5, 0.6) is 0 Å². The highest BCUT2D eigenvalue weighted by Gasteiger charge is 2.60. The van der Waals surface area contributed by atoms with Crippen LogP contribution in [-0.2, 0) is 0 Å². The molecule has 0 amide bonds. The lowest BCUT2D eigenvalue weighted by atomic mass is 9.47. The Balaban J connectivity index is 1.19. The number of halogens is 1. The molecule has 0 spiro atoms. The Bertz CT molecular complexity index is 1220. The first-order chi connectivity index (χ1) is 17.9. The van der Waals surface area contributed by atoms with Gasteiger partial charge in [0.2, 0.25) is 0 Å². The molecule has 1 aliphatic heterocycles. The number of hydrogen-bond donors (Lipinski definition) is 1. The molecule has 1 unspecified atom stereocenters. The topological polar surface area (TPSA) is 49.0 Å². The van der Waals surface area contributed by atoms with Crippen LogP contribution in [0.4, 0.5) is 10.1 Å². The Morgan fingerprint density at radius 2 is 1.84 bits per heavy atom. The monoisotopic (exact) mass is 502 g/mol. The van der Waals surface area contributed by atoms with E-state index in [4.69, 9.17) is 9.52 Å². The Kier molecular flexibility index (Phi) is 5.48. The van der Waals surface area contributed by atoms with Crippen molar-refractivity contribution < 1.29 is 13.9 Å². The van der Waals surface area contributed by atoms with Crippen LogP contribution < -0.4 is 5.01 Å². The number of nitrogens with zero attached hydrogens (tertiary/aromatic N) is 2. The van der Waals surface area contributed by atoms with Gasteiger partial charge in [0.05, 0.1) is 18.1 Å². The lowest BCUT2D eigenvalue weighted by Crippen LogP contribution is -2.51. The molecule has 1 aromatic heterocycles. The second kappa shape index (κ2) is 8.56. The van der Waals surface area contributed by atoms with Crippen molar-refractivity contribution in [1.82, 2.24) is 0 Å². The summed E-state index contributed by atoms with van der Waals surface area (Å²) in [6.07, 6.45) is 14.2. The van der Waals surface area contributed by atoms with Gasteiger partial charge in [-0.1, -0.05) is 25.5 Å². The maximum absolute atomic E-state index is 13.7. The summed E-state index contributed by atoms with van der Waals surface area (Å²) in [6.45, 7) is 5.06. The third-order valence-electron chi connectivity index (χ3n) is 11.4. The molecule has 4 nitrogen and oxygen atoms in total. The molecule has 1 aromatic carbocycles. The van der Waals surface area contributed by atoms with Crippen molar-refractivity contribution in [3.05, 3.63) is 65.9 Å². The molecule has 37 heavy (non-hydrogen) atoms. The average molecular weight is 503 g/mol. The van der Waals surface area contributed by atoms with Crippen molar-refractivity contribution in [1.29, 1.82) is 0 Å². The van der Waals surface area contributed by atoms with Crippen molar-refractivity contribution in [2.45, 2.75) is 83.8 Å². The standard InChI is InChI=1S/C32H39FN2O2/c1-31-15-13-23(36)18-20(31)5-10-24-25-11-12-27(32(25,2)16-14-26(24)31)28-19-29(30-4-3-17-37-30)35(34-28)22-8-6-21(33)7-9-22/h3-9,17,23-27,29,36H,10-16,18-19H2,1-2H3/t23-,24-,25-,26-,27+,29?,31-,32-/m0/s1. The van der Waals surface area contributed by atoms with Gasteiger partial charge in [0, 0.05) is 18.1 Å². The number of anilines is 1. The molecule has 5 heteroatoms. The number of hydrogen-bond acceptors (Lipinski definition) is 4. The number of aliphatic hydroxyl groups excluding tert-OH is 1. The first-order valence-electron chi connectivity index (χ1n) is 14.4. The molecular formula is C32H39FN2O2. The number of aliphatic hydroxyl groups is 1. The quantitative estimate of drug-likeness (QED) is 0.438. The summed E-state index contributed by atoms with van der Waals surface area (Å²) >= 11 is 0. The molecule has 0 bridgehead atoms. The van der Waals surface area contributed by atoms with Crippen molar-refractivity contribution >= 4 is 11.4 Å².